The van der Waals surface area contributed by atoms with Crippen LogP contribution in [0.2, 0.25) is 0 Å². The van der Waals surface area contributed by atoms with Crippen LogP contribution < -0.4 is 0 Å². The molecule has 0 saturated carbocycles. The van der Waals surface area contributed by atoms with Gasteiger partial charge in [0, 0.05) is 5.56 Å². The highest BCUT2D eigenvalue weighted by Crippen LogP contribution is 2.21. The average molecular weight is 275 g/mol. The minimum absolute atomic E-state index is 0.366. The molecule has 19 heavy (non-hydrogen) atoms. The van der Waals surface area contributed by atoms with Gasteiger partial charge in [-0.15, -0.1) is 0 Å². The zero-order valence-electron chi connectivity index (χ0n) is 10.2. The molecule has 0 amide bonds. The average Bonchev–Trinajstić information content (AvgIpc) is 2.46. The Morgan fingerprint density at radius 1 is 0.842 bits per heavy atom. The van der Waals surface area contributed by atoms with Crippen molar-refractivity contribution < 1.29 is 14.3 Å². The van der Waals surface area contributed by atoms with Crippen molar-refractivity contribution in [2.45, 2.75) is 0 Å². The lowest BCUT2D eigenvalue weighted by Gasteiger charge is -2.04. The van der Waals surface area contributed by atoms with Crippen LogP contribution >= 0.6 is 11.6 Å². The van der Waals surface area contributed by atoms with Crippen molar-refractivity contribution in [2.24, 2.45) is 0 Å². The van der Waals surface area contributed by atoms with Gasteiger partial charge in [-0.25, -0.2) is 4.79 Å². The Kier molecular flexibility index (Phi) is 3.97. The van der Waals surface area contributed by atoms with Crippen molar-refractivity contribution >= 4 is 22.8 Å². The highest BCUT2D eigenvalue weighted by molar-refractivity contribution is 6.67. The van der Waals surface area contributed by atoms with E-state index in [9.17, 15) is 9.59 Å². The van der Waals surface area contributed by atoms with E-state index >= 15 is 0 Å². The number of rotatable bonds is 3. The second-order valence-corrected chi connectivity index (χ2v) is 4.26. The third kappa shape index (κ3) is 3.01. The maximum absolute atomic E-state index is 11.3. The summed E-state index contributed by atoms with van der Waals surface area (Å²) in [6, 6.07) is 14.0. The smallest absolute Gasteiger partial charge is 0.337 e. The Hall–Kier alpha value is -2.13. The van der Waals surface area contributed by atoms with E-state index < -0.39 is 5.24 Å². The lowest BCUT2D eigenvalue weighted by Crippen LogP contribution is -2.00. The van der Waals surface area contributed by atoms with Crippen LogP contribution in [-0.2, 0) is 4.74 Å². The van der Waals surface area contributed by atoms with E-state index in [0.29, 0.717) is 11.1 Å². The second kappa shape index (κ2) is 5.67. The molecule has 0 spiro atoms. The van der Waals surface area contributed by atoms with Crippen molar-refractivity contribution in [2.75, 3.05) is 7.11 Å². The Balaban J connectivity index is 2.27. The normalized spacial score (nSPS) is 10.0. The number of hydrogen-bond donors (Lipinski definition) is 0. The lowest BCUT2D eigenvalue weighted by molar-refractivity contribution is 0.0600. The Morgan fingerprint density at radius 3 is 1.63 bits per heavy atom. The molecule has 0 aliphatic rings. The molecule has 0 atom stereocenters. The summed E-state index contributed by atoms with van der Waals surface area (Å²) in [4.78, 5) is 22.3. The number of benzene rings is 2. The molecule has 0 heterocycles. The molecular weight excluding hydrogens is 264 g/mol. The molecule has 4 heteroatoms. The summed E-state index contributed by atoms with van der Waals surface area (Å²) in [5, 5.41) is -0.479. The number of carbonyl (C=O) groups is 2. The number of esters is 1. The monoisotopic (exact) mass is 274 g/mol. The fourth-order valence-electron chi connectivity index (χ4n) is 1.71. The van der Waals surface area contributed by atoms with Crippen LogP contribution in [0.15, 0.2) is 48.5 Å². The first-order valence-corrected chi connectivity index (χ1v) is 5.98. The first kappa shape index (κ1) is 13.3. The summed E-state index contributed by atoms with van der Waals surface area (Å²) in [5.41, 5.74) is 2.84. The number of hydrogen-bond acceptors (Lipinski definition) is 3. The molecule has 0 aliphatic heterocycles. The standard InChI is InChI=1S/C15H11ClO3/c1-19-15(18)13-8-4-11(5-9-13)10-2-6-12(7-3-10)14(16)17/h2-9H,1H3. The Bertz CT molecular complexity index is 600. The van der Waals surface area contributed by atoms with Gasteiger partial charge in [-0.3, -0.25) is 4.79 Å². The van der Waals surface area contributed by atoms with E-state index in [-0.39, 0.29) is 5.97 Å². The molecule has 0 unspecified atom stereocenters. The molecule has 2 aromatic rings. The largest absolute Gasteiger partial charge is 0.465 e. The number of carbonyl (C=O) groups excluding carboxylic acids is 2. The highest BCUT2D eigenvalue weighted by atomic mass is 35.5. The van der Waals surface area contributed by atoms with Crippen molar-refractivity contribution in [1.29, 1.82) is 0 Å². The van der Waals surface area contributed by atoms with Gasteiger partial charge in [0.25, 0.3) is 5.24 Å². The third-order valence-corrected chi connectivity index (χ3v) is 2.97. The molecule has 0 bridgehead atoms. The quantitative estimate of drug-likeness (QED) is 0.635. The van der Waals surface area contributed by atoms with Gasteiger partial charge in [0.1, 0.15) is 0 Å². The summed E-state index contributed by atoms with van der Waals surface area (Å²) in [5.74, 6) is -0.366. The van der Waals surface area contributed by atoms with Gasteiger partial charge < -0.3 is 4.74 Å². The van der Waals surface area contributed by atoms with Gasteiger partial charge in [-0.05, 0) is 47.0 Å². The van der Waals surface area contributed by atoms with Crippen LogP contribution in [0.1, 0.15) is 20.7 Å². The number of methoxy groups -OCH3 is 1. The summed E-state index contributed by atoms with van der Waals surface area (Å²) < 4.78 is 4.63. The fraction of sp³-hybridized carbons (Fsp3) is 0.0667. The minimum Gasteiger partial charge on any atom is -0.465 e. The van der Waals surface area contributed by atoms with Crippen molar-refractivity contribution in [3.8, 4) is 11.1 Å². The van der Waals surface area contributed by atoms with Crippen LogP contribution in [0.25, 0.3) is 11.1 Å². The van der Waals surface area contributed by atoms with Gasteiger partial charge in [0.2, 0.25) is 0 Å². The maximum atomic E-state index is 11.3. The Morgan fingerprint density at radius 2 is 1.26 bits per heavy atom. The summed E-state index contributed by atoms with van der Waals surface area (Å²) in [7, 11) is 1.35. The van der Waals surface area contributed by atoms with E-state index in [2.05, 4.69) is 4.74 Å². The Labute approximate surface area is 115 Å². The zero-order chi connectivity index (χ0) is 13.8. The topological polar surface area (TPSA) is 43.4 Å². The molecule has 96 valence electrons. The lowest BCUT2D eigenvalue weighted by atomic mass is 10.0. The highest BCUT2D eigenvalue weighted by Gasteiger charge is 2.06. The number of halogens is 1. The van der Waals surface area contributed by atoms with Crippen molar-refractivity contribution in [1.82, 2.24) is 0 Å². The molecule has 3 nitrogen and oxygen atoms in total. The molecule has 0 saturated heterocycles. The van der Waals surface area contributed by atoms with Crippen LogP contribution in [0.3, 0.4) is 0 Å². The molecule has 0 aromatic heterocycles. The summed E-state index contributed by atoms with van der Waals surface area (Å²) >= 11 is 5.38. The van der Waals surface area contributed by atoms with E-state index in [1.54, 1.807) is 24.3 Å². The number of ether oxygens (including phenoxy) is 1. The van der Waals surface area contributed by atoms with Gasteiger partial charge in [0.15, 0.2) is 0 Å². The van der Waals surface area contributed by atoms with E-state index in [0.717, 1.165) is 11.1 Å². The zero-order valence-corrected chi connectivity index (χ0v) is 11.0. The van der Waals surface area contributed by atoms with Crippen LogP contribution in [0.5, 0.6) is 0 Å². The van der Waals surface area contributed by atoms with Gasteiger partial charge >= 0.3 is 5.97 Å². The maximum Gasteiger partial charge on any atom is 0.337 e. The van der Waals surface area contributed by atoms with Gasteiger partial charge in [-0.1, -0.05) is 24.3 Å². The van der Waals surface area contributed by atoms with Crippen molar-refractivity contribution in [3.63, 3.8) is 0 Å². The van der Waals surface area contributed by atoms with E-state index in [1.807, 2.05) is 24.3 Å². The van der Waals surface area contributed by atoms with Gasteiger partial charge in [0.05, 0.1) is 12.7 Å². The first-order chi connectivity index (χ1) is 9.11. The van der Waals surface area contributed by atoms with E-state index in [1.165, 1.54) is 7.11 Å². The molecule has 0 aliphatic carbocycles. The summed E-state index contributed by atoms with van der Waals surface area (Å²) in [6.07, 6.45) is 0. The minimum atomic E-state index is -0.479. The third-order valence-electron chi connectivity index (χ3n) is 2.75. The SMILES string of the molecule is COC(=O)c1ccc(-c2ccc(C(=O)Cl)cc2)cc1. The van der Waals surface area contributed by atoms with Gasteiger partial charge in [-0.2, -0.15) is 0 Å². The van der Waals surface area contributed by atoms with Crippen molar-refractivity contribution in [3.05, 3.63) is 59.7 Å². The molecule has 2 aromatic carbocycles. The van der Waals surface area contributed by atoms with Crippen LogP contribution in [-0.4, -0.2) is 18.3 Å². The predicted octanol–water partition coefficient (Wildman–Crippen LogP) is 3.52. The van der Waals surface area contributed by atoms with Crippen LogP contribution in [0, 0.1) is 0 Å². The molecule has 2 rings (SSSR count). The first-order valence-electron chi connectivity index (χ1n) is 5.60. The second-order valence-electron chi connectivity index (χ2n) is 3.92. The molecule has 0 fully saturated rings. The molecular formula is C15H11ClO3. The van der Waals surface area contributed by atoms with E-state index in [4.69, 9.17) is 11.6 Å². The predicted molar refractivity (Wildman–Crippen MR) is 73.4 cm³/mol. The summed E-state index contributed by atoms with van der Waals surface area (Å²) in [6.45, 7) is 0. The molecule has 0 radical (unpaired) electrons. The molecule has 0 N–H and O–H groups in total. The fourth-order valence-corrected chi connectivity index (χ4v) is 1.84. The van der Waals surface area contributed by atoms with Crippen LogP contribution in [0.4, 0.5) is 0 Å².